The summed E-state index contributed by atoms with van der Waals surface area (Å²) >= 11 is 0. The van der Waals surface area contributed by atoms with Crippen LogP contribution >= 0.6 is 0 Å². The molecule has 5 N–H and O–H groups in total. The van der Waals surface area contributed by atoms with Gasteiger partial charge in [-0.25, -0.2) is 0 Å². The van der Waals surface area contributed by atoms with Crippen LogP contribution in [0.3, 0.4) is 0 Å². The summed E-state index contributed by atoms with van der Waals surface area (Å²) in [6, 6.07) is -0.255. The van der Waals surface area contributed by atoms with Crippen molar-refractivity contribution in [3.05, 3.63) is 0 Å². The molecule has 6 rings (SSSR count). The molecular formula is C23H37NO7. The van der Waals surface area contributed by atoms with Crippen LogP contribution in [0, 0.1) is 34.5 Å². The van der Waals surface area contributed by atoms with Crippen molar-refractivity contribution < 1.29 is 35.0 Å². The summed E-state index contributed by atoms with van der Waals surface area (Å²) in [5, 5.41) is 59.3. The summed E-state index contributed by atoms with van der Waals surface area (Å²) < 4.78 is 11.4. The molecule has 31 heavy (non-hydrogen) atoms. The van der Waals surface area contributed by atoms with Gasteiger partial charge in [-0.1, -0.05) is 6.92 Å². The highest BCUT2D eigenvalue weighted by Crippen LogP contribution is 2.79. The number of fused-ring (bicyclic) bond motifs is 2. The van der Waals surface area contributed by atoms with E-state index in [0.717, 1.165) is 19.5 Å². The minimum atomic E-state index is -1.77. The lowest BCUT2D eigenvalue weighted by atomic mass is 9.42. The maximum atomic E-state index is 12.3. The van der Waals surface area contributed by atoms with Gasteiger partial charge in [0.25, 0.3) is 0 Å². The second-order valence-electron chi connectivity index (χ2n) is 11.5. The molecule has 1 heterocycles. The second-order valence-corrected chi connectivity index (χ2v) is 11.5. The molecule has 0 radical (unpaired) electrons. The molecule has 6 fully saturated rings. The van der Waals surface area contributed by atoms with Gasteiger partial charge in [-0.05, 0) is 25.8 Å². The molecule has 5 aliphatic carbocycles. The van der Waals surface area contributed by atoms with Crippen molar-refractivity contribution in [2.45, 2.75) is 74.3 Å². The van der Waals surface area contributed by atoms with Crippen LogP contribution in [0.5, 0.6) is 0 Å². The van der Waals surface area contributed by atoms with Gasteiger partial charge in [0, 0.05) is 67.7 Å². The molecule has 1 spiro atoms. The summed E-state index contributed by atoms with van der Waals surface area (Å²) in [6.45, 7) is 4.02. The van der Waals surface area contributed by atoms with E-state index in [1.807, 2.05) is 0 Å². The van der Waals surface area contributed by atoms with Crippen LogP contribution in [0.25, 0.3) is 0 Å². The molecule has 13 atom stereocenters. The first-order valence-corrected chi connectivity index (χ1v) is 11.9. The summed E-state index contributed by atoms with van der Waals surface area (Å²) in [4.78, 5) is 2.32. The number of likely N-dealkylation sites (tertiary alicyclic amines) is 1. The third kappa shape index (κ3) is 1.93. The molecule has 176 valence electrons. The Labute approximate surface area is 183 Å². The Morgan fingerprint density at radius 1 is 1.13 bits per heavy atom. The Morgan fingerprint density at radius 2 is 1.87 bits per heavy atom. The van der Waals surface area contributed by atoms with Crippen molar-refractivity contribution in [2.75, 3.05) is 33.9 Å². The third-order valence-corrected chi connectivity index (χ3v) is 11.0. The lowest BCUT2D eigenvalue weighted by Gasteiger charge is -2.70. The summed E-state index contributed by atoms with van der Waals surface area (Å²) in [5.74, 6) is -1.78. The van der Waals surface area contributed by atoms with Gasteiger partial charge in [0.2, 0.25) is 0 Å². The van der Waals surface area contributed by atoms with Gasteiger partial charge in [0.1, 0.15) is 11.2 Å². The van der Waals surface area contributed by atoms with Crippen molar-refractivity contribution in [1.82, 2.24) is 4.90 Å². The van der Waals surface area contributed by atoms with Crippen LogP contribution < -0.4 is 0 Å². The Balaban J connectivity index is 1.64. The van der Waals surface area contributed by atoms with Gasteiger partial charge in [-0.15, -0.1) is 0 Å². The molecule has 7 bridgehead atoms. The number of aliphatic hydroxyl groups is 5. The predicted octanol–water partition coefficient (Wildman–Crippen LogP) is -1.04. The van der Waals surface area contributed by atoms with E-state index in [4.69, 9.17) is 9.47 Å². The topological polar surface area (TPSA) is 123 Å². The molecule has 8 heteroatoms. The average molecular weight is 440 g/mol. The maximum absolute atomic E-state index is 12.3. The van der Waals surface area contributed by atoms with E-state index in [1.54, 1.807) is 14.2 Å². The Morgan fingerprint density at radius 3 is 2.52 bits per heavy atom. The number of rotatable bonds is 4. The van der Waals surface area contributed by atoms with Crippen molar-refractivity contribution in [3.8, 4) is 0 Å². The molecule has 1 aliphatic heterocycles. The van der Waals surface area contributed by atoms with Gasteiger partial charge >= 0.3 is 0 Å². The van der Waals surface area contributed by atoms with Gasteiger partial charge in [0.05, 0.1) is 31.0 Å². The number of aliphatic hydroxyl groups excluding tert-OH is 3. The SMILES string of the molecule is CCN1CC2(COC)CCC(O)C34C1C(C(O)C23)C1(O)CC(OC)C2CC4C1(O)C2O. The van der Waals surface area contributed by atoms with Crippen LogP contribution in [0.15, 0.2) is 0 Å². The number of nitrogens with zero attached hydrogens (tertiary/aromatic N) is 1. The van der Waals surface area contributed by atoms with Gasteiger partial charge < -0.3 is 35.0 Å². The maximum Gasteiger partial charge on any atom is 0.123 e. The minimum Gasteiger partial charge on any atom is -0.392 e. The molecule has 5 saturated carbocycles. The number of hydrogen-bond acceptors (Lipinski definition) is 8. The van der Waals surface area contributed by atoms with Crippen LogP contribution in [0.1, 0.15) is 32.6 Å². The van der Waals surface area contributed by atoms with Crippen LogP contribution in [-0.2, 0) is 9.47 Å². The fourth-order valence-electron chi connectivity index (χ4n) is 10.4. The Hall–Kier alpha value is -0.320. The summed E-state index contributed by atoms with van der Waals surface area (Å²) in [7, 11) is 3.26. The average Bonchev–Trinajstić information content (AvgIpc) is 3.09. The number of ether oxygens (including phenoxy) is 2. The first-order valence-electron chi connectivity index (χ1n) is 11.9. The first-order chi connectivity index (χ1) is 14.7. The molecule has 0 aromatic rings. The fourth-order valence-corrected chi connectivity index (χ4v) is 10.4. The van der Waals surface area contributed by atoms with E-state index < -0.39 is 52.9 Å². The highest BCUT2D eigenvalue weighted by Gasteiger charge is 2.90. The molecule has 0 amide bonds. The highest BCUT2D eigenvalue weighted by molar-refractivity contribution is 5.39. The quantitative estimate of drug-likeness (QED) is 0.377. The molecule has 0 aromatic carbocycles. The monoisotopic (exact) mass is 439 g/mol. The van der Waals surface area contributed by atoms with E-state index in [2.05, 4.69) is 11.8 Å². The van der Waals surface area contributed by atoms with E-state index in [-0.39, 0.29) is 29.7 Å². The van der Waals surface area contributed by atoms with Crippen molar-refractivity contribution in [1.29, 1.82) is 0 Å². The van der Waals surface area contributed by atoms with Gasteiger partial charge in [-0.3, -0.25) is 4.90 Å². The third-order valence-electron chi connectivity index (χ3n) is 11.0. The predicted molar refractivity (Wildman–Crippen MR) is 109 cm³/mol. The lowest BCUT2D eigenvalue weighted by Crippen LogP contribution is -2.82. The van der Waals surface area contributed by atoms with Crippen molar-refractivity contribution >= 4 is 0 Å². The molecule has 13 unspecified atom stereocenters. The van der Waals surface area contributed by atoms with Crippen LogP contribution in [0.4, 0.5) is 0 Å². The van der Waals surface area contributed by atoms with Crippen LogP contribution in [0.2, 0.25) is 0 Å². The minimum absolute atomic E-state index is 0.185. The number of piperidine rings is 1. The highest BCUT2D eigenvalue weighted by atomic mass is 16.5. The number of methoxy groups -OCH3 is 2. The zero-order chi connectivity index (χ0) is 22.1. The Bertz CT molecular complexity index is 783. The van der Waals surface area contributed by atoms with E-state index >= 15 is 0 Å². The zero-order valence-corrected chi connectivity index (χ0v) is 18.6. The van der Waals surface area contributed by atoms with Crippen molar-refractivity contribution in [2.24, 2.45) is 34.5 Å². The largest absolute Gasteiger partial charge is 0.392 e. The standard InChI is InChI=1S/C23H37NO7/c1-4-24-9-20(10-30-2)6-5-14(25)22-13-7-11-12(31-3)8-21(28,23(13,29)19(11)27)15(18(22)24)16(26)17(20)22/h11-19,25-29H,4-10H2,1-3H3. The molecule has 8 nitrogen and oxygen atoms in total. The summed E-state index contributed by atoms with van der Waals surface area (Å²) in [5.41, 5.74) is -4.61. The fraction of sp³-hybridized carbons (Fsp3) is 1.00. The van der Waals surface area contributed by atoms with E-state index in [1.165, 1.54) is 0 Å². The van der Waals surface area contributed by atoms with Crippen molar-refractivity contribution in [3.63, 3.8) is 0 Å². The molecule has 0 aromatic heterocycles. The summed E-state index contributed by atoms with van der Waals surface area (Å²) in [6.07, 6.45) is -1.18. The van der Waals surface area contributed by atoms with Crippen LogP contribution in [-0.4, -0.2) is 106 Å². The zero-order valence-electron chi connectivity index (χ0n) is 18.6. The normalized spacial score (nSPS) is 64.1. The van der Waals surface area contributed by atoms with Gasteiger partial charge in [0.15, 0.2) is 0 Å². The Kier molecular flexibility index (Phi) is 4.26. The van der Waals surface area contributed by atoms with Gasteiger partial charge in [-0.2, -0.15) is 0 Å². The van der Waals surface area contributed by atoms with E-state index in [0.29, 0.717) is 19.4 Å². The first kappa shape index (κ1) is 21.2. The second kappa shape index (κ2) is 6.21. The lowest BCUT2D eigenvalue weighted by molar-refractivity contribution is -0.332. The molecule has 1 saturated heterocycles. The molecular weight excluding hydrogens is 402 g/mol. The smallest absolute Gasteiger partial charge is 0.123 e. The van der Waals surface area contributed by atoms with E-state index in [9.17, 15) is 25.5 Å². The molecule has 6 aliphatic rings. The number of hydrogen-bond donors (Lipinski definition) is 5.